The second-order valence-electron chi connectivity index (χ2n) is 4.34. The predicted octanol–water partition coefficient (Wildman–Crippen LogP) is 3.13. The molecule has 0 radical (unpaired) electrons. The van der Waals surface area contributed by atoms with Crippen molar-refractivity contribution in [3.05, 3.63) is 66.1 Å². The summed E-state index contributed by atoms with van der Waals surface area (Å²) in [6.07, 6.45) is 0.786. The first kappa shape index (κ1) is 13.1. The molecule has 0 saturated carbocycles. The lowest BCUT2D eigenvalue weighted by atomic mass is 10.2. The number of nitrogens with zero attached hydrogens (tertiary/aromatic N) is 2. The Labute approximate surface area is 121 Å². The van der Waals surface area contributed by atoms with E-state index in [1.54, 1.807) is 24.3 Å². The lowest BCUT2D eigenvalue weighted by Gasteiger charge is -2.02. The molecule has 5 nitrogen and oxygen atoms in total. The highest BCUT2D eigenvalue weighted by Crippen LogP contribution is 2.18. The Morgan fingerprint density at radius 1 is 1.00 bits per heavy atom. The number of carbonyl (C=O) groups is 1. The van der Waals surface area contributed by atoms with Gasteiger partial charge in [-0.3, -0.25) is 4.79 Å². The molecule has 0 fully saturated rings. The van der Waals surface area contributed by atoms with Gasteiger partial charge in [0, 0.05) is 11.1 Å². The van der Waals surface area contributed by atoms with Gasteiger partial charge in [0.2, 0.25) is 5.89 Å². The summed E-state index contributed by atoms with van der Waals surface area (Å²) < 4.78 is 11.1. The van der Waals surface area contributed by atoms with E-state index in [0.29, 0.717) is 23.1 Å². The molecule has 0 spiro atoms. The van der Waals surface area contributed by atoms with Crippen LogP contribution in [0.15, 0.2) is 59.0 Å². The maximum absolute atomic E-state index is 10.6. The smallest absolute Gasteiger partial charge is 0.254 e. The Morgan fingerprint density at radius 3 is 2.48 bits per heavy atom. The summed E-state index contributed by atoms with van der Waals surface area (Å²) >= 11 is 0. The quantitative estimate of drug-likeness (QED) is 0.672. The summed E-state index contributed by atoms with van der Waals surface area (Å²) in [6, 6.07) is 16.3. The van der Waals surface area contributed by atoms with Crippen molar-refractivity contribution >= 4 is 6.29 Å². The highest BCUT2D eigenvalue weighted by atomic mass is 16.5. The van der Waals surface area contributed by atoms with E-state index < -0.39 is 0 Å². The van der Waals surface area contributed by atoms with Crippen molar-refractivity contribution in [1.29, 1.82) is 0 Å². The zero-order chi connectivity index (χ0) is 14.5. The maximum Gasteiger partial charge on any atom is 0.254 e. The van der Waals surface area contributed by atoms with Crippen LogP contribution in [0.5, 0.6) is 5.75 Å². The Morgan fingerprint density at radius 2 is 1.76 bits per heavy atom. The van der Waals surface area contributed by atoms with Crippen molar-refractivity contribution in [3.8, 4) is 17.2 Å². The van der Waals surface area contributed by atoms with E-state index >= 15 is 0 Å². The average molecular weight is 280 g/mol. The van der Waals surface area contributed by atoms with Gasteiger partial charge in [0.25, 0.3) is 5.89 Å². The van der Waals surface area contributed by atoms with Crippen molar-refractivity contribution < 1.29 is 13.9 Å². The summed E-state index contributed by atoms with van der Waals surface area (Å²) in [4.78, 5) is 10.6. The van der Waals surface area contributed by atoms with Crippen molar-refractivity contribution in [1.82, 2.24) is 10.2 Å². The zero-order valence-electron chi connectivity index (χ0n) is 11.1. The van der Waals surface area contributed by atoms with E-state index in [-0.39, 0.29) is 6.61 Å². The molecule has 3 rings (SSSR count). The molecule has 0 N–H and O–H groups in total. The van der Waals surface area contributed by atoms with Crippen molar-refractivity contribution in [2.24, 2.45) is 0 Å². The van der Waals surface area contributed by atoms with Gasteiger partial charge in [0.15, 0.2) is 6.61 Å². The minimum absolute atomic E-state index is 0.181. The van der Waals surface area contributed by atoms with Crippen LogP contribution in [0, 0.1) is 0 Å². The maximum atomic E-state index is 10.6. The van der Waals surface area contributed by atoms with Crippen LogP contribution in [0.3, 0.4) is 0 Å². The summed E-state index contributed by atoms with van der Waals surface area (Å²) in [5, 5.41) is 7.93. The van der Waals surface area contributed by atoms with Crippen LogP contribution in [0.4, 0.5) is 0 Å². The van der Waals surface area contributed by atoms with Crippen LogP contribution in [-0.4, -0.2) is 16.5 Å². The third kappa shape index (κ3) is 3.14. The van der Waals surface area contributed by atoms with Gasteiger partial charge in [-0.05, 0) is 36.4 Å². The lowest BCUT2D eigenvalue weighted by molar-refractivity contribution is 0.112. The summed E-state index contributed by atoms with van der Waals surface area (Å²) in [5.41, 5.74) is 1.47. The van der Waals surface area contributed by atoms with E-state index in [9.17, 15) is 4.79 Å². The van der Waals surface area contributed by atoms with E-state index in [0.717, 1.165) is 11.8 Å². The van der Waals surface area contributed by atoms with Crippen molar-refractivity contribution in [2.75, 3.05) is 0 Å². The van der Waals surface area contributed by atoms with Crippen LogP contribution < -0.4 is 4.74 Å². The van der Waals surface area contributed by atoms with E-state index in [4.69, 9.17) is 9.15 Å². The molecule has 104 valence electrons. The van der Waals surface area contributed by atoms with E-state index in [1.165, 1.54) is 0 Å². The molecule has 0 unspecified atom stereocenters. The zero-order valence-corrected chi connectivity index (χ0v) is 11.1. The van der Waals surface area contributed by atoms with Gasteiger partial charge >= 0.3 is 0 Å². The van der Waals surface area contributed by atoms with Gasteiger partial charge in [-0.1, -0.05) is 18.2 Å². The van der Waals surface area contributed by atoms with Gasteiger partial charge in [-0.25, -0.2) is 0 Å². The van der Waals surface area contributed by atoms with Crippen LogP contribution in [0.2, 0.25) is 0 Å². The summed E-state index contributed by atoms with van der Waals surface area (Å²) in [6.45, 7) is 0.181. The SMILES string of the molecule is O=Cc1ccc(OCc2nnc(-c3ccccc3)o2)cc1. The number of benzene rings is 2. The number of ether oxygens (including phenoxy) is 1. The molecule has 5 heteroatoms. The lowest BCUT2D eigenvalue weighted by Crippen LogP contribution is -1.95. The van der Waals surface area contributed by atoms with E-state index in [1.807, 2.05) is 30.3 Å². The van der Waals surface area contributed by atoms with Gasteiger partial charge in [-0.2, -0.15) is 0 Å². The topological polar surface area (TPSA) is 65.2 Å². The highest BCUT2D eigenvalue weighted by molar-refractivity contribution is 5.74. The van der Waals surface area contributed by atoms with Crippen LogP contribution in [0.25, 0.3) is 11.5 Å². The van der Waals surface area contributed by atoms with Gasteiger partial charge in [0.1, 0.15) is 12.0 Å². The molecule has 0 atom stereocenters. The fraction of sp³-hybridized carbons (Fsp3) is 0.0625. The molecular weight excluding hydrogens is 268 g/mol. The van der Waals surface area contributed by atoms with Crippen LogP contribution in [-0.2, 0) is 6.61 Å². The normalized spacial score (nSPS) is 10.3. The van der Waals surface area contributed by atoms with Gasteiger partial charge < -0.3 is 9.15 Å². The molecule has 0 bridgehead atoms. The predicted molar refractivity (Wildman–Crippen MR) is 75.9 cm³/mol. The fourth-order valence-electron chi connectivity index (χ4n) is 1.80. The summed E-state index contributed by atoms with van der Waals surface area (Å²) in [5.74, 6) is 1.50. The molecule has 3 aromatic rings. The third-order valence-electron chi connectivity index (χ3n) is 2.87. The minimum Gasteiger partial charge on any atom is -0.484 e. The monoisotopic (exact) mass is 280 g/mol. The first-order chi connectivity index (χ1) is 10.3. The van der Waals surface area contributed by atoms with Crippen molar-refractivity contribution in [3.63, 3.8) is 0 Å². The molecule has 0 aliphatic carbocycles. The highest BCUT2D eigenvalue weighted by Gasteiger charge is 2.08. The van der Waals surface area contributed by atoms with Gasteiger partial charge in [0.05, 0.1) is 0 Å². The number of hydrogen-bond acceptors (Lipinski definition) is 5. The standard InChI is InChI=1S/C16H12N2O3/c19-10-12-6-8-14(9-7-12)20-11-15-17-18-16(21-15)13-4-2-1-3-5-13/h1-10H,11H2. The molecule has 1 aromatic heterocycles. The fourth-order valence-corrected chi connectivity index (χ4v) is 1.80. The second kappa shape index (κ2) is 6.00. The Hall–Kier alpha value is -2.95. The molecule has 21 heavy (non-hydrogen) atoms. The molecule has 0 aliphatic heterocycles. The van der Waals surface area contributed by atoms with Crippen LogP contribution >= 0.6 is 0 Å². The molecule has 0 aliphatic rings. The largest absolute Gasteiger partial charge is 0.484 e. The first-order valence-corrected chi connectivity index (χ1v) is 6.41. The van der Waals surface area contributed by atoms with Crippen molar-refractivity contribution in [2.45, 2.75) is 6.61 Å². The first-order valence-electron chi connectivity index (χ1n) is 6.41. The molecular formula is C16H12N2O3. The molecule has 2 aromatic carbocycles. The average Bonchev–Trinajstić information content (AvgIpc) is 3.03. The molecule has 1 heterocycles. The Kier molecular flexibility index (Phi) is 3.73. The number of carbonyl (C=O) groups excluding carboxylic acids is 1. The number of aromatic nitrogens is 2. The second-order valence-corrected chi connectivity index (χ2v) is 4.34. The third-order valence-corrected chi connectivity index (χ3v) is 2.87. The van der Waals surface area contributed by atoms with E-state index in [2.05, 4.69) is 10.2 Å². The number of hydrogen-bond donors (Lipinski definition) is 0. The van der Waals surface area contributed by atoms with Crippen LogP contribution in [0.1, 0.15) is 16.2 Å². The molecule has 0 saturated heterocycles. The molecule has 0 amide bonds. The number of rotatable bonds is 5. The summed E-state index contributed by atoms with van der Waals surface area (Å²) in [7, 11) is 0. The minimum atomic E-state index is 0.181. The number of aldehydes is 1. The van der Waals surface area contributed by atoms with Gasteiger partial charge in [-0.15, -0.1) is 10.2 Å². The Bertz CT molecular complexity index is 721. The Balaban J connectivity index is 1.66.